The number of hydrogen-bond acceptors (Lipinski definition) is 11. The largest absolute Gasteiger partial charge is 0.507 e. The summed E-state index contributed by atoms with van der Waals surface area (Å²) in [5, 5.41) is 59.1. The van der Waals surface area contributed by atoms with Crippen LogP contribution in [-0.2, 0) is 23.9 Å². The molecule has 15 nitrogen and oxygen atoms in total. The summed E-state index contributed by atoms with van der Waals surface area (Å²) < 4.78 is 39.7. The van der Waals surface area contributed by atoms with Gasteiger partial charge < -0.3 is 50.5 Å². The van der Waals surface area contributed by atoms with Gasteiger partial charge in [-0.05, 0) is 49.9 Å². The van der Waals surface area contributed by atoms with Gasteiger partial charge in [0.2, 0.25) is 17.7 Å². The van der Waals surface area contributed by atoms with Crippen molar-refractivity contribution >= 4 is 23.7 Å². The number of aliphatic hydroxyl groups is 3. The molecule has 7 N–H and O–H groups in total. The first-order chi connectivity index (χ1) is 24.4. The molecule has 4 fully saturated rings. The van der Waals surface area contributed by atoms with Crippen molar-refractivity contribution in [3.05, 3.63) is 28.8 Å². The molecule has 290 valence electrons. The van der Waals surface area contributed by atoms with Crippen molar-refractivity contribution in [1.29, 1.82) is 0 Å². The molecule has 0 radical (unpaired) electrons. The molecule has 3 aliphatic heterocycles. The summed E-state index contributed by atoms with van der Waals surface area (Å²) in [5.74, 6) is -6.60. The number of hydrogen-bond donors (Lipinski definition) is 7. The van der Waals surface area contributed by atoms with E-state index < -0.39 is 90.6 Å². The lowest BCUT2D eigenvalue weighted by atomic mass is 9.81. The topological polar surface area (TPSA) is 218 Å². The number of nitrogens with one attached hydrogen (secondary N) is 2. The molecule has 17 heteroatoms. The van der Waals surface area contributed by atoms with Gasteiger partial charge in [0.1, 0.15) is 18.0 Å². The molecule has 52 heavy (non-hydrogen) atoms. The quantitative estimate of drug-likeness (QED) is 0.160. The third kappa shape index (κ3) is 8.34. The van der Waals surface area contributed by atoms with E-state index in [0.29, 0.717) is 37.2 Å². The molecule has 3 saturated heterocycles. The van der Waals surface area contributed by atoms with Crippen LogP contribution < -0.4 is 10.6 Å². The number of likely N-dealkylation sites (tertiary alicyclic amines) is 1. The van der Waals surface area contributed by atoms with Gasteiger partial charge in [0, 0.05) is 76.8 Å². The summed E-state index contributed by atoms with van der Waals surface area (Å²) in [5.41, 5.74) is -1.70. The molecule has 0 aromatic heterocycles. The first-order valence-corrected chi connectivity index (χ1v) is 17.7. The second-order valence-electron chi connectivity index (χ2n) is 14.9. The number of carbonyl (C=O) groups excluding carboxylic acids is 3. The minimum absolute atomic E-state index is 0.0315. The van der Waals surface area contributed by atoms with Gasteiger partial charge in [-0.2, -0.15) is 0 Å². The van der Waals surface area contributed by atoms with E-state index in [1.165, 1.54) is 19.1 Å². The monoisotopic (exact) mass is 740 g/mol. The number of aliphatic carboxylic acids is 1. The molecule has 8 atom stereocenters. The number of aromatic hydroxyl groups is 1. The van der Waals surface area contributed by atoms with E-state index in [9.17, 15) is 53.5 Å². The number of benzene rings is 1. The van der Waals surface area contributed by atoms with Crippen LogP contribution in [0.3, 0.4) is 0 Å². The van der Waals surface area contributed by atoms with Gasteiger partial charge in [-0.25, -0.2) is 13.6 Å². The van der Waals surface area contributed by atoms with Crippen molar-refractivity contribution in [1.82, 2.24) is 20.4 Å². The normalized spacial score (nSPS) is 31.7. The molecular formula is C35H50F2N4O11. The zero-order valence-corrected chi connectivity index (χ0v) is 29.6. The smallest absolute Gasteiger partial charge is 0.336 e. The van der Waals surface area contributed by atoms with E-state index in [0.717, 1.165) is 0 Å². The van der Waals surface area contributed by atoms with Crippen LogP contribution in [0.1, 0.15) is 66.9 Å². The number of carboxylic acid groups (broad SMARTS) is 1. The van der Waals surface area contributed by atoms with Gasteiger partial charge >= 0.3 is 5.97 Å². The molecule has 1 unspecified atom stereocenters. The average molecular weight is 741 g/mol. The van der Waals surface area contributed by atoms with Crippen LogP contribution in [0.25, 0.3) is 0 Å². The van der Waals surface area contributed by atoms with Crippen LogP contribution in [-0.4, -0.2) is 152 Å². The molecule has 5 rings (SSSR count). The van der Waals surface area contributed by atoms with Gasteiger partial charge in [-0.1, -0.05) is 0 Å². The highest BCUT2D eigenvalue weighted by atomic mass is 19.3. The fraction of sp³-hybridized carbons (Fsp3) is 0.714. The summed E-state index contributed by atoms with van der Waals surface area (Å²) in [6.07, 6.45) is -7.68. The van der Waals surface area contributed by atoms with E-state index in [4.69, 9.17) is 9.47 Å². The SMILES string of the molecule is CC(=O)N[C@H]1[C@H]([C@H](O)[C@H](O)CNC(=O)c2cc(C)c(O)c(C)c2)O[C@@](CCN2CCOC[C@@]23CCN(C(=O)C2CCC(F)(F)C2)C3)(C(=O)O)C[C@@H]1O. The first-order valence-electron chi connectivity index (χ1n) is 17.7. The zero-order valence-electron chi connectivity index (χ0n) is 29.6. The molecule has 3 amide bonds. The lowest BCUT2D eigenvalue weighted by Crippen LogP contribution is -2.68. The van der Waals surface area contributed by atoms with Crippen molar-refractivity contribution in [3.63, 3.8) is 0 Å². The number of morpholine rings is 1. The van der Waals surface area contributed by atoms with E-state index >= 15 is 0 Å². The molecule has 1 aliphatic carbocycles. The number of aryl methyl sites for hydroxylation is 2. The molecule has 1 aromatic carbocycles. The zero-order chi connectivity index (χ0) is 38.2. The number of rotatable bonds is 11. The Morgan fingerprint density at radius 2 is 1.77 bits per heavy atom. The number of alkyl halides is 2. The molecular weight excluding hydrogens is 690 g/mol. The van der Waals surface area contributed by atoms with Gasteiger partial charge in [0.15, 0.2) is 5.60 Å². The third-order valence-corrected chi connectivity index (χ3v) is 11.1. The van der Waals surface area contributed by atoms with Crippen LogP contribution >= 0.6 is 0 Å². The molecule has 4 aliphatic rings. The van der Waals surface area contributed by atoms with Crippen molar-refractivity contribution < 1.29 is 63.0 Å². The van der Waals surface area contributed by atoms with Gasteiger partial charge in [0.25, 0.3) is 5.91 Å². The predicted octanol–water partition coefficient (Wildman–Crippen LogP) is 0.0673. The van der Waals surface area contributed by atoms with E-state index in [-0.39, 0.29) is 56.2 Å². The van der Waals surface area contributed by atoms with Gasteiger partial charge in [0.05, 0.1) is 37.0 Å². The molecule has 3 heterocycles. The highest BCUT2D eigenvalue weighted by Crippen LogP contribution is 2.42. The van der Waals surface area contributed by atoms with Crippen LogP contribution in [0.15, 0.2) is 12.1 Å². The third-order valence-electron chi connectivity index (χ3n) is 11.1. The summed E-state index contributed by atoms with van der Waals surface area (Å²) in [4.78, 5) is 54.7. The number of amides is 3. The summed E-state index contributed by atoms with van der Waals surface area (Å²) in [7, 11) is 0. The number of aliphatic hydroxyl groups excluding tert-OH is 3. The average Bonchev–Trinajstić information content (AvgIpc) is 3.68. The van der Waals surface area contributed by atoms with E-state index in [1.807, 2.05) is 4.90 Å². The highest BCUT2D eigenvalue weighted by molar-refractivity contribution is 5.95. The summed E-state index contributed by atoms with van der Waals surface area (Å²) >= 11 is 0. The molecule has 1 aromatic rings. The molecule has 1 spiro atoms. The van der Waals surface area contributed by atoms with Crippen molar-refractivity contribution in [2.45, 2.75) is 107 Å². The lowest BCUT2D eigenvalue weighted by Gasteiger charge is -2.49. The van der Waals surface area contributed by atoms with Crippen LogP contribution in [0.5, 0.6) is 5.75 Å². The minimum atomic E-state index is -2.87. The Bertz CT molecular complexity index is 1510. The number of carboxylic acids is 1. The van der Waals surface area contributed by atoms with Gasteiger partial charge in [-0.3, -0.25) is 19.3 Å². The maximum atomic E-state index is 13.9. The highest BCUT2D eigenvalue weighted by Gasteiger charge is 2.56. The standard InChI is InChI=1S/C35H50F2N4O11/c1-19-12-23(13-20(2)27(19)45)30(47)38-16-25(44)28(46)29-26(39-21(3)42)24(43)15-34(52-29,32(49)50)7-9-41-10-11-51-18-33(41)6-8-40(17-33)31(48)22-4-5-35(36,37)14-22/h12-13,22,24-26,28-29,43-46H,4-11,14-18H2,1-3H3,(H,38,47)(H,39,42)(H,49,50)/t22?,24-,25+,26+,28+,29+,33-,34+/m0/s1. The number of nitrogens with zero attached hydrogens (tertiary/aromatic N) is 2. The van der Waals surface area contributed by atoms with Crippen LogP contribution in [0, 0.1) is 19.8 Å². The van der Waals surface area contributed by atoms with Crippen LogP contribution in [0.2, 0.25) is 0 Å². The Balaban J connectivity index is 1.29. The van der Waals surface area contributed by atoms with E-state index in [2.05, 4.69) is 10.6 Å². The van der Waals surface area contributed by atoms with Crippen molar-refractivity contribution in [3.8, 4) is 5.75 Å². The Morgan fingerprint density at radius 3 is 2.38 bits per heavy atom. The fourth-order valence-corrected chi connectivity index (χ4v) is 8.16. The number of carbonyl (C=O) groups is 4. The Kier molecular flexibility index (Phi) is 11.8. The van der Waals surface area contributed by atoms with Crippen molar-refractivity contribution in [2.24, 2.45) is 5.92 Å². The van der Waals surface area contributed by atoms with Crippen molar-refractivity contribution in [2.75, 3.05) is 45.9 Å². The lowest BCUT2D eigenvalue weighted by molar-refractivity contribution is -0.231. The van der Waals surface area contributed by atoms with Crippen LogP contribution in [0.4, 0.5) is 8.78 Å². The number of phenols is 1. The molecule has 1 saturated carbocycles. The number of ether oxygens (including phenoxy) is 2. The number of phenolic OH excluding ortho intramolecular Hbond substituents is 1. The van der Waals surface area contributed by atoms with Gasteiger partial charge in [-0.15, -0.1) is 0 Å². The summed E-state index contributed by atoms with van der Waals surface area (Å²) in [6, 6.07) is 1.58. The Labute approximate surface area is 300 Å². The predicted molar refractivity (Wildman–Crippen MR) is 179 cm³/mol. The molecule has 0 bridgehead atoms. The second-order valence-corrected chi connectivity index (χ2v) is 14.9. The number of halogens is 2. The summed E-state index contributed by atoms with van der Waals surface area (Å²) in [6.45, 7) is 5.46. The Hall–Kier alpha value is -3.48. The maximum Gasteiger partial charge on any atom is 0.336 e. The minimum Gasteiger partial charge on any atom is -0.507 e. The fourth-order valence-electron chi connectivity index (χ4n) is 8.16. The maximum absolute atomic E-state index is 13.9. The van der Waals surface area contributed by atoms with E-state index in [1.54, 1.807) is 18.7 Å². The first kappa shape index (κ1) is 39.7. The second kappa shape index (κ2) is 15.5. The Morgan fingerprint density at radius 1 is 1.08 bits per heavy atom.